The summed E-state index contributed by atoms with van der Waals surface area (Å²) in [5.41, 5.74) is 3.89. The van der Waals surface area contributed by atoms with E-state index in [1.165, 1.54) is 0 Å². The zero-order valence-electron chi connectivity index (χ0n) is 17.9. The number of aryl methyl sites for hydroxylation is 2. The molecule has 0 aliphatic heterocycles. The monoisotopic (exact) mass is 437 g/mol. The highest BCUT2D eigenvalue weighted by atomic mass is 32.2. The molecule has 0 fully saturated rings. The number of nitrogens with one attached hydrogen (secondary N) is 2. The van der Waals surface area contributed by atoms with Crippen molar-refractivity contribution in [2.45, 2.75) is 18.7 Å². The predicted octanol–water partition coefficient (Wildman–Crippen LogP) is 3.97. The van der Waals surface area contributed by atoms with E-state index >= 15 is 0 Å². The van der Waals surface area contributed by atoms with Gasteiger partial charge in [0.05, 0.1) is 4.90 Å². The molecule has 0 heterocycles. The third-order valence-corrected chi connectivity index (χ3v) is 6.50. The van der Waals surface area contributed by atoms with Crippen molar-refractivity contribution in [3.63, 3.8) is 0 Å². The summed E-state index contributed by atoms with van der Waals surface area (Å²) in [6, 6.07) is 21.3. The van der Waals surface area contributed by atoms with Crippen molar-refractivity contribution in [2.24, 2.45) is 0 Å². The molecule has 162 valence electrons. The van der Waals surface area contributed by atoms with Gasteiger partial charge in [-0.05, 0) is 73.5 Å². The lowest BCUT2D eigenvalue weighted by Crippen LogP contribution is -2.32. The topological polar surface area (TPSA) is 78.5 Å². The summed E-state index contributed by atoms with van der Waals surface area (Å²) >= 11 is 0. The first-order chi connectivity index (χ1) is 14.8. The Hall–Kier alpha value is -3.32. The van der Waals surface area contributed by atoms with Gasteiger partial charge in [-0.15, -0.1) is 0 Å². The summed E-state index contributed by atoms with van der Waals surface area (Å²) in [6.07, 6.45) is 0. The molecule has 3 aromatic carbocycles. The summed E-state index contributed by atoms with van der Waals surface area (Å²) in [4.78, 5) is 14.7. The van der Waals surface area contributed by atoms with Gasteiger partial charge in [-0.1, -0.05) is 24.3 Å². The normalized spacial score (nSPS) is 11.1. The summed E-state index contributed by atoms with van der Waals surface area (Å²) in [7, 11) is -1.72. The Labute approximate surface area is 184 Å². The Morgan fingerprint density at radius 3 is 2.23 bits per heavy atom. The van der Waals surface area contributed by atoms with Crippen molar-refractivity contribution >= 4 is 27.3 Å². The van der Waals surface area contributed by atoms with E-state index in [0.717, 1.165) is 16.8 Å². The smallest absolute Gasteiger partial charge is 0.261 e. The molecule has 0 aromatic heterocycles. The van der Waals surface area contributed by atoms with Gasteiger partial charge in [-0.3, -0.25) is 9.52 Å². The second-order valence-electron chi connectivity index (χ2n) is 7.44. The number of sulfonamides is 1. The van der Waals surface area contributed by atoms with Gasteiger partial charge in [-0.2, -0.15) is 0 Å². The van der Waals surface area contributed by atoms with Crippen LogP contribution in [0.3, 0.4) is 0 Å². The minimum absolute atomic E-state index is 0.204. The quantitative estimate of drug-likeness (QED) is 0.559. The zero-order chi connectivity index (χ0) is 22.4. The van der Waals surface area contributed by atoms with Gasteiger partial charge in [0, 0.05) is 37.1 Å². The van der Waals surface area contributed by atoms with Gasteiger partial charge in [0.2, 0.25) is 0 Å². The number of carbonyl (C=O) groups excluding carboxylic acids is 1. The Bertz CT molecular complexity index is 1140. The van der Waals surface area contributed by atoms with Gasteiger partial charge in [0.25, 0.3) is 15.9 Å². The standard InChI is InChI=1S/C24H27N3O3S/c1-18-9-14-23(17-19(18)2)31(29,30)26-21-12-10-20(11-13-21)24(28)25-15-16-27(3)22-7-5-4-6-8-22/h4-14,17,26H,15-16H2,1-3H3,(H,25,28). The second-order valence-corrected chi connectivity index (χ2v) is 9.12. The molecule has 0 radical (unpaired) electrons. The highest BCUT2D eigenvalue weighted by molar-refractivity contribution is 7.92. The van der Waals surface area contributed by atoms with Crippen LogP contribution in [0.15, 0.2) is 77.7 Å². The molecule has 0 saturated heterocycles. The van der Waals surface area contributed by atoms with Crippen LogP contribution in [0, 0.1) is 13.8 Å². The molecule has 6 nitrogen and oxygen atoms in total. The van der Waals surface area contributed by atoms with Crippen LogP contribution in [0.25, 0.3) is 0 Å². The lowest BCUT2D eigenvalue weighted by Gasteiger charge is -2.19. The predicted molar refractivity (Wildman–Crippen MR) is 125 cm³/mol. The first kappa shape index (κ1) is 22.4. The minimum Gasteiger partial charge on any atom is -0.373 e. The zero-order valence-corrected chi connectivity index (χ0v) is 18.7. The van der Waals surface area contributed by atoms with E-state index < -0.39 is 10.0 Å². The third kappa shape index (κ3) is 5.86. The van der Waals surface area contributed by atoms with Crippen LogP contribution in [0.5, 0.6) is 0 Å². The Balaban J connectivity index is 1.56. The van der Waals surface area contributed by atoms with Crippen LogP contribution in [0.2, 0.25) is 0 Å². The maximum Gasteiger partial charge on any atom is 0.261 e. The highest BCUT2D eigenvalue weighted by Gasteiger charge is 2.15. The Kier molecular flexibility index (Phi) is 6.97. The molecular formula is C24H27N3O3S. The first-order valence-corrected chi connectivity index (χ1v) is 11.5. The maximum atomic E-state index is 12.6. The van der Waals surface area contributed by atoms with Crippen molar-refractivity contribution in [1.82, 2.24) is 5.32 Å². The number of amides is 1. The average Bonchev–Trinajstić information content (AvgIpc) is 2.76. The average molecular weight is 438 g/mol. The number of hydrogen-bond donors (Lipinski definition) is 2. The fourth-order valence-corrected chi connectivity index (χ4v) is 4.18. The Morgan fingerprint density at radius 2 is 1.58 bits per heavy atom. The molecule has 0 spiro atoms. The first-order valence-electron chi connectivity index (χ1n) is 10.0. The molecular weight excluding hydrogens is 410 g/mol. The van der Waals surface area contributed by atoms with Gasteiger partial charge in [0.15, 0.2) is 0 Å². The molecule has 0 atom stereocenters. The van der Waals surface area contributed by atoms with E-state index in [1.54, 1.807) is 42.5 Å². The van der Waals surface area contributed by atoms with Gasteiger partial charge in [-0.25, -0.2) is 8.42 Å². The number of para-hydroxylation sites is 1. The third-order valence-electron chi connectivity index (χ3n) is 5.12. The van der Waals surface area contributed by atoms with Crippen molar-refractivity contribution < 1.29 is 13.2 Å². The Morgan fingerprint density at radius 1 is 0.903 bits per heavy atom. The number of hydrogen-bond acceptors (Lipinski definition) is 4. The largest absolute Gasteiger partial charge is 0.373 e. The number of nitrogens with zero attached hydrogens (tertiary/aromatic N) is 1. The number of likely N-dealkylation sites (N-methyl/N-ethyl adjacent to an activating group) is 1. The van der Waals surface area contributed by atoms with E-state index in [-0.39, 0.29) is 10.8 Å². The van der Waals surface area contributed by atoms with E-state index in [1.807, 2.05) is 51.2 Å². The summed E-state index contributed by atoms with van der Waals surface area (Å²) in [5.74, 6) is -0.204. The number of carbonyl (C=O) groups is 1. The lowest BCUT2D eigenvalue weighted by atomic mass is 10.1. The fraction of sp³-hybridized carbons (Fsp3) is 0.208. The van der Waals surface area contributed by atoms with E-state index in [2.05, 4.69) is 14.9 Å². The molecule has 2 N–H and O–H groups in total. The van der Waals surface area contributed by atoms with E-state index in [0.29, 0.717) is 24.3 Å². The molecule has 31 heavy (non-hydrogen) atoms. The van der Waals surface area contributed by atoms with Crippen LogP contribution in [0.1, 0.15) is 21.5 Å². The number of rotatable bonds is 8. The lowest BCUT2D eigenvalue weighted by molar-refractivity contribution is 0.0954. The van der Waals surface area contributed by atoms with Crippen LogP contribution >= 0.6 is 0 Å². The molecule has 1 amide bonds. The SMILES string of the molecule is Cc1ccc(S(=O)(=O)Nc2ccc(C(=O)NCCN(C)c3ccccc3)cc2)cc1C. The molecule has 0 saturated carbocycles. The van der Waals surface area contributed by atoms with Crippen LogP contribution < -0.4 is 14.9 Å². The molecule has 0 bridgehead atoms. The second kappa shape index (κ2) is 9.66. The van der Waals surface area contributed by atoms with E-state index in [4.69, 9.17) is 0 Å². The molecule has 0 aliphatic carbocycles. The van der Waals surface area contributed by atoms with Crippen molar-refractivity contribution in [3.05, 3.63) is 89.5 Å². The maximum absolute atomic E-state index is 12.6. The minimum atomic E-state index is -3.69. The van der Waals surface area contributed by atoms with Crippen molar-refractivity contribution in [3.8, 4) is 0 Å². The summed E-state index contributed by atoms with van der Waals surface area (Å²) in [6.45, 7) is 4.97. The van der Waals surface area contributed by atoms with E-state index in [9.17, 15) is 13.2 Å². The fourth-order valence-electron chi connectivity index (χ4n) is 3.04. The van der Waals surface area contributed by atoms with Crippen molar-refractivity contribution in [2.75, 3.05) is 29.8 Å². The number of benzene rings is 3. The van der Waals surface area contributed by atoms with Gasteiger partial charge in [0.1, 0.15) is 0 Å². The summed E-state index contributed by atoms with van der Waals surface area (Å²) in [5, 5.41) is 2.89. The van der Waals surface area contributed by atoms with Crippen LogP contribution in [-0.4, -0.2) is 34.5 Å². The number of anilines is 2. The van der Waals surface area contributed by atoms with Gasteiger partial charge >= 0.3 is 0 Å². The molecule has 0 aliphatic rings. The van der Waals surface area contributed by atoms with Gasteiger partial charge < -0.3 is 10.2 Å². The molecule has 7 heteroatoms. The molecule has 3 rings (SSSR count). The van der Waals surface area contributed by atoms with Crippen LogP contribution in [-0.2, 0) is 10.0 Å². The molecule has 3 aromatic rings. The van der Waals surface area contributed by atoms with Crippen molar-refractivity contribution in [1.29, 1.82) is 0 Å². The molecule has 0 unspecified atom stereocenters. The highest BCUT2D eigenvalue weighted by Crippen LogP contribution is 2.19. The van der Waals surface area contributed by atoms with Crippen LogP contribution in [0.4, 0.5) is 11.4 Å². The summed E-state index contributed by atoms with van der Waals surface area (Å²) < 4.78 is 27.8.